The number of carbonyl (C=O) groups is 2. The van der Waals surface area contributed by atoms with E-state index >= 15 is 0 Å². The first-order valence-electron chi connectivity index (χ1n) is 18.3. The molecule has 0 aliphatic heterocycles. The summed E-state index contributed by atoms with van der Waals surface area (Å²) in [6.07, 6.45) is 8.36. The van der Waals surface area contributed by atoms with Gasteiger partial charge in [-0.2, -0.15) is 0 Å². The van der Waals surface area contributed by atoms with E-state index in [1.54, 1.807) is 0 Å². The van der Waals surface area contributed by atoms with E-state index in [1.165, 1.54) is 70.6 Å². The highest BCUT2D eigenvalue weighted by Crippen LogP contribution is 2.47. The fraction of sp³-hybridized carbons (Fsp3) is 0.941. The van der Waals surface area contributed by atoms with Crippen molar-refractivity contribution in [3.8, 4) is 0 Å². The number of unbranched alkanes of at least 4 members (excludes halogenated alkanes) is 17. The van der Waals surface area contributed by atoms with Crippen molar-refractivity contribution in [3.63, 3.8) is 0 Å². The van der Waals surface area contributed by atoms with E-state index in [9.17, 15) is 44.6 Å². The number of hydrogen-bond acceptors (Lipinski definition) is 12. The molecule has 1 aliphatic carbocycles. The third-order valence-electron chi connectivity index (χ3n) is 8.70. The third kappa shape index (κ3) is 19.9. The van der Waals surface area contributed by atoms with E-state index in [-0.39, 0.29) is 12.8 Å². The lowest BCUT2D eigenvalue weighted by molar-refractivity contribution is -0.220. The molecule has 48 heavy (non-hydrogen) atoms. The second-order valence-electron chi connectivity index (χ2n) is 13.1. The van der Waals surface area contributed by atoms with E-state index < -0.39 is 75.7 Å². The van der Waals surface area contributed by atoms with E-state index in [0.717, 1.165) is 38.5 Å². The quantitative estimate of drug-likeness (QED) is 0.0343. The highest BCUT2D eigenvalue weighted by atomic mass is 31.2. The maximum absolute atomic E-state index is 12.6. The maximum atomic E-state index is 12.6. The average Bonchev–Trinajstić information content (AvgIpc) is 3.06. The monoisotopic (exact) mass is 712 g/mol. The van der Waals surface area contributed by atoms with Gasteiger partial charge in [0.05, 0.1) is 6.61 Å². The van der Waals surface area contributed by atoms with Crippen LogP contribution in [0.5, 0.6) is 0 Å². The molecule has 0 aromatic carbocycles. The molecule has 1 fully saturated rings. The lowest BCUT2D eigenvalue weighted by atomic mass is 9.85. The maximum Gasteiger partial charge on any atom is 0.472 e. The molecule has 0 aromatic rings. The van der Waals surface area contributed by atoms with Crippen LogP contribution in [0.3, 0.4) is 0 Å². The molecule has 0 radical (unpaired) electrons. The first-order chi connectivity index (χ1) is 22.9. The van der Waals surface area contributed by atoms with Crippen LogP contribution in [0.4, 0.5) is 0 Å². The Morgan fingerprint density at radius 3 is 1.40 bits per heavy atom. The fourth-order valence-electron chi connectivity index (χ4n) is 5.64. The van der Waals surface area contributed by atoms with Crippen molar-refractivity contribution in [3.05, 3.63) is 0 Å². The van der Waals surface area contributed by atoms with Gasteiger partial charge in [0.15, 0.2) is 6.10 Å². The van der Waals surface area contributed by atoms with Gasteiger partial charge in [-0.05, 0) is 12.8 Å². The minimum absolute atomic E-state index is 0.103. The summed E-state index contributed by atoms with van der Waals surface area (Å²) in [4.78, 5) is 35.0. The number of carbonyl (C=O) groups excluding carboxylic acids is 2. The van der Waals surface area contributed by atoms with Crippen LogP contribution in [0.2, 0.25) is 0 Å². The molecule has 13 nitrogen and oxygen atoms in total. The van der Waals surface area contributed by atoms with Gasteiger partial charge in [-0.25, -0.2) is 4.57 Å². The zero-order valence-electron chi connectivity index (χ0n) is 29.3. The molecular weight excluding hydrogens is 647 g/mol. The van der Waals surface area contributed by atoms with E-state index in [2.05, 4.69) is 6.92 Å². The Bertz CT molecular complexity index is 875. The van der Waals surface area contributed by atoms with E-state index in [4.69, 9.17) is 18.5 Å². The Hall–Kier alpha value is -1.15. The summed E-state index contributed by atoms with van der Waals surface area (Å²) in [6.45, 7) is 3.12. The van der Waals surface area contributed by atoms with Crippen molar-refractivity contribution in [1.29, 1.82) is 0 Å². The van der Waals surface area contributed by atoms with Crippen LogP contribution < -0.4 is 0 Å². The van der Waals surface area contributed by atoms with Crippen LogP contribution in [0.15, 0.2) is 0 Å². The zero-order chi connectivity index (χ0) is 35.8. The van der Waals surface area contributed by atoms with Crippen LogP contribution in [-0.4, -0.2) is 98.3 Å². The summed E-state index contributed by atoms with van der Waals surface area (Å²) in [5.41, 5.74) is 0. The molecule has 14 heteroatoms. The Morgan fingerprint density at radius 2 is 0.938 bits per heavy atom. The minimum Gasteiger partial charge on any atom is -0.462 e. The summed E-state index contributed by atoms with van der Waals surface area (Å²) in [6, 6.07) is 0. The second kappa shape index (κ2) is 26.6. The van der Waals surface area contributed by atoms with Crippen molar-refractivity contribution < 1.29 is 63.1 Å². The smallest absolute Gasteiger partial charge is 0.462 e. The Morgan fingerprint density at radius 1 is 0.562 bits per heavy atom. The highest BCUT2D eigenvalue weighted by Gasteiger charge is 2.51. The Kier molecular flexibility index (Phi) is 24.9. The van der Waals surface area contributed by atoms with Gasteiger partial charge in [-0.1, -0.05) is 123 Å². The molecule has 0 spiro atoms. The second-order valence-corrected chi connectivity index (χ2v) is 14.5. The van der Waals surface area contributed by atoms with E-state index in [1.807, 2.05) is 6.92 Å². The average molecular weight is 713 g/mol. The number of ether oxygens (including phenoxy) is 2. The van der Waals surface area contributed by atoms with Gasteiger partial charge in [-0.15, -0.1) is 0 Å². The molecular formula is C34H65O13P. The van der Waals surface area contributed by atoms with E-state index in [0.29, 0.717) is 12.8 Å². The van der Waals surface area contributed by atoms with Crippen LogP contribution in [0.25, 0.3) is 0 Å². The molecule has 1 aliphatic rings. The molecule has 1 saturated carbocycles. The number of phosphoric acid groups is 1. The molecule has 284 valence electrons. The van der Waals surface area contributed by atoms with Gasteiger partial charge in [0.1, 0.15) is 43.2 Å². The Balaban J connectivity index is 2.46. The fourth-order valence-corrected chi connectivity index (χ4v) is 6.61. The summed E-state index contributed by atoms with van der Waals surface area (Å²) in [5.74, 6) is -1.11. The summed E-state index contributed by atoms with van der Waals surface area (Å²) < 4.78 is 33.0. The lowest BCUT2D eigenvalue weighted by Crippen LogP contribution is -2.64. The standard InChI is InChI=1S/C34H65O13P/c1-3-5-7-9-10-11-12-13-14-15-16-17-18-19-21-23-28(36)46-26(24-44-27(35)22-20-8-6-4-2)25-45-48(42,43)47-34-32(40)30(38)29(37)31(39)33(34)41/h26,29-34,37-41H,3-25H2,1-2H3,(H,42,43). The first-order valence-corrected chi connectivity index (χ1v) is 19.8. The summed E-state index contributed by atoms with van der Waals surface area (Å²) in [7, 11) is -5.09. The van der Waals surface area contributed by atoms with Crippen LogP contribution in [0.1, 0.15) is 149 Å². The SMILES string of the molecule is CCCCCCCCCCCCCCCCCC(=O)OC(COC(=O)CCCCCC)COP(=O)(O)OC1C(O)C(O)C(O)C(O)C1O. The number of aliphatic hydroxyl groups excluding tert-OH is 5. The number of phosphoric ester groups is 1. The third-order valence-corrected chi connectivity index (χ3v) is 9.68. The summed E-state index contributed by atoms with van der Waals surface area (Å²) >= 11 is 0. The van der Waals surface area contributed by atoms with Crippen LogP contribution in [-0.2, 0) is 32.7 Å². The van der Waals surface area contributed by atoms with Crippen molar-refractivity contribution >= 4 is 19.8 Å². The van der Waals surface area contributed by atoms with Crippen LogP contribution in [0, 0.1) is 0 Å². The van der Waals surface area contributed by atoms with Gasteiger partial charge in [-0.3, -0.25) is 18.6 Å². The molecule has 0 aromatic heterocycles. The minimum atomic E-state index is -5.09. The first kappa shape index (κ1) is 44.9. The van der Waals surface area contributed by atoms with Crippen molar-refractivity contribution in [2.24, 2.45) is 0 Å². The Labute approximate surface area is 287 Å². The number of esters is 2. The highest BCUT2D eigenvalue weighted by molar-refractivity contribution is 7.47. The largest absolute Gasteiger partial charge is 0.472 e. The molecule has 0 heterocycles. The molecule has 0 saturated heterocycles. The number of aliphatic hydroxyl groups is 5. The van der Waals surface area contributed by atoms with Crippen LogP contribution >= 0.6 is 7.82 Å². The predicted octanol–water partition coefficient (Wildman–Crippen LogP) is 4.99. The number of rotatable bonds is 29. The normalized spacial score (nSPS) is 24.6. The van der Waals surface area contributed by atoms with Crippen molar-refractivity contribution in [2.45, 2.75) is 191 Å². The molecule has 1 rings (SSSR count). The van der Waals surface area contributed by atoms with Gasteiger partial charge in [0.2, 0.25) is 0 Å². The molecule has 6 N–H and O–H groups in total. The molecule has 0 amide bonds. The zero-order valence-corrected chi connectivity index (χ0v) is 30.2. The van der Waals surface area contributed by atoms with Crippen molar-refractivity contribution in [2.75, 3.05) is 13.2 Å². The summed E-state index contributed by atoms with van der Waals surface area (Å²) in [5, 5.41) is 49.7. The predicted molar refractivity (Wildman–Crippen MR) is 180 cm³/mol. The van der Waals surface area contributed by atoms with Gasteiger partial charge < -0.3 is 39.9 Å². The number of hydrogen-bond donors (Lipinski definition) is 6. The van der Waals surface area contributed by atoms with Gasteiger partial charge in [0, 0.05) is 12.8 Å². The topological polar surface area (TPSA) is 210 Å². The molecule has 6 unspecified atom stereocenters. The van der Waals surface area contributed by atoms with Gasteiger partial charge in [0.25, 0.3) is 0 Å². The lowest BCUT2D eigenvalue weighted by Gasteiger charge is -2.41. The molecule has 6 atom stereocenters. The van der Waals surface area contributed by atoms with Gasteiger partial charge >= 0.3 is 19.8 Å². The van der Waals surface area contributed by atoms with Crippen molar-refractivity contribution in [1.82, 2.24) is 0 Å². The molecule has 0 bridgehead atoms.